The minimum atomic E-state index is -0.442. The SMILES string of the molecule is COc1ccccc1CN1C(=O)C(CN)c2nccc(-n3ccnc3)c21. The molecule has 2 N–H and O–H groups in total. The first-order valence-electron chi connectivity index (χ1n) is 8.35. The summed E-state index contributed by atoms with van der Waals surface area (Å²) >= 11 is 0. The largest absolute Gasteiger partial charge is 0.496 e. The Kier molecular flexibility index (Phi) is 4.14. The van der Waals surface area contributed by atoms with E-state index in [1.807, 2.05) is 41.1 Å². The van der Waals surface area contributed by atoms with E-state index in [0.29, 0.717) is 12.2 Å². The van der Waals surface area contributed by atoms with Crippen molar-refractivity contribution in [2.75, 3.05) is 18.6 Å². The Labute approximate surface area is 151 Å². The molecule has 0 saturated carbocycles. The molecule has 1 aliphatic heterocycles. The van der Waals surface area contributed by atoms with Crippen LogP contribution in [0.3, 0.4) is 0 Å². The number of para-hydroxylation sites is 1. The Morgan fingerprint density at radius 2 is 2.08 bits per heavy atom. The number of aromatic nitrogens is 3. The van der Waals surface area contributed by atoms with Crippen LogP contribution in [0.1, 0.15) is 17.2 Å². The maximum atomic E-state index is 13.1. The van der Waals surface area contributed by atoms with Crippen molar-refractivity contribution >= 4 is 11.6 Å². The summed E-state index contributed by atoms with van der Waals surface area (Å²) in [7, 11) is 1.62. The van der Waals surface area contributed by atoms with Gasteiger partial charge in [0.1, 0.15) is 5.75 Å². The first kappa shape index (κ1) is 16.3. The molecule has 1 aliphatic rings. The molecule has 1 unspecified atom stereocenters. The zero-order valence-electron chi connectivity index (χ0n) is 14.4. The first-order chi connectivity index (χ1) is 12.7. The summed E-state index contributed by atoms with van der Waals surface area (Å²) in [5, 5.41) is 0. The van der Waals surface area contributed by atoms with Crippen LogP contribution in [0.5, 0.6) is 5.75 Å². The van der Waals surface area contributed by atoms with E-state index in [1.54, 1.807) is 30.7 Å². The molecule has 7 heteroatoms. The number of pyridine rings is 1. The van der Waals surface area contributed by atoms with Gasteiger partial charge in [-0.15, -0.1) is 0 Å². The van der Waals surface area contributed by atoms with Crippen molar-refractivity contribution in [3.8, 4) is 11.4 Å². The van der Waals surface area contributed by atoms with Gasteiger partial charge in [-0.1, -0.05) is 18.2 Å². The Bertz CT molecular complexity index is 939. The van der Waals surface area contributed by atoms with Crippen LogP contribution in [-0.4, -0.2) is 34.1 Å². The number of hydrogen-bond acceptors (Lipinski definition) is 5. The predicted octanol–water partition coefficient (Wildman–Crippen LogP) is 1.86. The molecule has 0 radical (unpaired) electrons. The van der Waals surface area contributed by atoms with Crippen LogP contribution in [0.15, 0.2) is 55.2 Å². The number of ether oxygens (including phenoxy) is 1. The van der Waals surface area contributed by atoms with E-state index in [0.717, 1.165) is 22.7 Å². The van der Waals surface area contributed by atoms with Gasteiger partial charge in [0, 0.05) is 30.7 Å². The highest BCUT2D eigenvalue weighted by Gasteiger charge is 2.40. The van der Waals surface area contributed by atoms with Gasteiger partial charge in [0.15, 0.2) is 0 Å². The molecule has 1 atom stereocenters. The number of anilines is 1. The molecule has 3 heterocycles. The molecule has 0 bridgehead atoms. The van der Waals surface area contributed by atoms with Gasteiger partial charge in [-0.05, 0) is 12.1 Å². The standard InChI is InChI=1S/C19H19N5O2/c1-26-16-5-3-2-4-13(16)11-24-18-15(23-9-8-21-12-23)6-7-22-17(18)14(10-20)19(24)25/h2-9,12,14H,10-11,20H2,1H3. The summed E-state index contributed by atoms with van der Waals surface area (Å²) in [5.74, 6) is 0.253. The van der Waals surface area contributed by atoms with Crippen molar-refractivity contribution in [3.63, 3.8) is 0 Å². The molecule has 0 aliphatic carbocycles. The average Bonchev–Trinajstić information content (AvgIpc) is 3.29. The lowest BCUT2D eigenvalue weighted by molar-refractivity contribution is -0.119. The first-order valence-corrected chi connectivity index (χ1v) is 8.35. The summed E-state index contributed by atoms with van der Waals surface area (Å²) < 4.78 is 7.32. The van der Waals surface area contributed by atoms with Crippen LogP contribution in [0.25, 0.3) is 5.69 Å². The van der Waals surface area contributed by atoms with Gasteiger partial charge in [-0.2, -0.15) is 0 Å². The third kappa shape index (κ3) is 2.53. The van der Waals surface area contributed by atoms with E-state index in [4.69, 9.17) is 10.5 Å². The second-order valence-corrected chi connectivity index (χ2v) is 6.06. The summed E-state index contributed by atoms with van der Waals surface area (Å²) in [5.41, 5.74) is 9.15. The number of nitrogens with two attached hydrogens (primary N) is 1. The number of rotatable bonds is 5. The van der Waals surface area contributed by atoms with E-state index in [9.17, 15) is 4.79 Å². The number of nitrogens with zero attached hydrogens (tertiary/aromatic N) is 4. The van der Waals surface area contributed by atoms with Gasteiger partial charge >= 0.3 is 0 Å². The molecule has 1 amide bonds. The maximum Gasteiger partial charge on any atom is 0.237 e. The minimum Gasteiger partial charge on any atom is -0.496 e. The van der Waals surface area contributed by atoms with Crippen LogP contribution >= 0.6 is 0 Å². The third-order valence-electron chi connectivity index (χ3n) is 4.63. The van der Waals surface area contributed by atoms with Crippen molar-refractivity contribution in [1.82, 2.24) is 14.5 Å². The fourth-order valence-electron chi connectivity index (χ4n) is 3.39. The van der Waals surface area contributed by atoms with Gasteiger partial charge in [-0.3, -0.25) is 9.78 Å². The van der Waals surface area contributed by atoms with Crippen LogP contribution in [0, 0.1) is 0 Å². The number of hydrogen-bond donors (Lipinski definition) is 1. The van der Waals surface area contributed by atoms with Crippen LogP contribution in [-0.2, 0) is 11.3 Å². The maximum absolute atomic E-state index is 13.1. The highest BCUT2D eigenvalue weighted by atomic mass is 16.5. The van der Waals surface area contributed by atoms with Crippen molar-refractivity contribution in [3.05, 3.63) is 66.5 Å². The monoisotopic (exact) mass is 349 g/mol. The van der Waals surface area contributed by atoms with Crippen LogP contribution in [0.4, 0.5) is 5.69 Å². The molecule has 1 aromatic carbocycles. The van der Waals surface area contributed by atoms with Crippen molar-refractivity contribution in [2.45, 2.75) is 12.5 Å². The van der Waals surface area contributed by atoms with E-state index >= 15 is 0 Å². The van der Waals surface area contributed by atoms with E-state index in [-0.39, 0.29) is 12.5 Å². The van der Waals surface area contributed by atoms with Gasteiger partial charge in [0.25, 0.3) is 0 Å². The number of benzene rings is 1. The molecule has 0 fully saturated rings. The molecule has 132 valence electrons. The lowest BCUT2D eigenvalue weighted by atomic mass is 10.1. The summed E-state index contributed by atoms with van der Waals surface area (Å²) in [6.07, 6.45) is 6.96. The Balaban J connectivity index is 1.84. The second kappa shape index (κ2) is 6.61. The number of carbonyl (C=O) groups excluding carboxylic acids is 1. The molecule has 26 heavy (non-hydrogen) atoms. The molecule has 0 spiro atoms. The highest BCUT2D eigenvalue weighted by molar-refractivity contribution is 6.06. The normalized spacial score (nSPS) is 16.0. The fourth-order valence-corrected chi connectivity index (χ4v) is 3.39. The van der Waals surface area contributed by atoms with Crippen molar-refractivity contribution in [2.24, 2.45) is 5.73 Å². The predicted molar refractivity (Wildman–Crippen MR) is 97.3 cm³/mol. The quantitative estimate of drug-likeness (QED) is 0.760. The zero-order valence-corrected chi connectivity index (χ0v) is 14.4. The topological polar surface area (TPSA) is 86.3 Å². The average molecular weight is 349 g/mol. The summed E-state index contributed by atoms with van der Waals surface area (Å²) in [6, 6.07) is 9.55. The van der Waals surface area contributed by atoms with Crippen LogP contribution < -0.4 is 15.4 Å². The Morgan fingerprint density at radius 3 is 2.81 bits per heavy atom. The van der Waals surface area contributed by atoms with Gasteiger partial charge in [0.2, 0.25) is 5.91 Å². The van der Waals surface area contributed by atoms with Gasteiger partial charge in [0.05, 0.1) is 43.0 Å². The van der Waals surface area contributed by atoms with E-state index < -0.39 is 5.92 Å². The molecular formula is C19H19N5O2. The minimum absolute atomic E-state index is 0.0477. The summed E-state index contributed by atoms with van der Waals surface area (Å²) in [6.45, 7) is 0.606. The molecule has 7 nitrogen and oxygen atoms in total. The van der Waals surface area contributed by atoms with Crippen LogP contribution in [0.2, 0.25) is 0 Å². The Hall–Kier alpha value is -3.19. The number of amides is 1. The van der Waals surface area contributed by atoms with Gasteiger partial charge < -0.3 is 19.9 Å². The number of methoxy groups -OCH3 is 1. The molecular weight excluding hydrogens is 330 g/mol. The zero-order chi connectivity index (χ0) is 18.1. The fraction of sp³-hybridized carbons (Fsp3) is 0.211. The van der Waals surface area contributed by atoms with E-state index in [2.05, 4.69) is 9.97 Å². The van der Waals surface area contributed by atoms with E-state index in [1.165, 1.54) is 0 Å². The van der Waals surface area contributed by atoms with Crippen molar-refractivity contribution in [1.29, 1.82) is 0 Å². The number of carbonyl (C=O) groups is 1. The van der Waals surface area contributed by atoms with Crippen molar-refractivity contribution < 1.29 is 9.53 Å². The molecule has 3 aromatic rings. The third-order valence-corrected chi connectivity index (χ3v) is 4.63. The molecule has 4 rings (SSSR count). The second-order valence-electron chi connectivity index (χ2n) is 6.06. The highest BCUT2D eigenvalue weighted by Crippen LogP contribution is 2.41. The number of imidazole rings is 1. The molecule has 2 aromatic heterocycles. The number of fused-ring (bicyclic) bond motifs is 1. The Morgan fingerprint density at radius 1 is 1.23 bits per heavy atom. The smallest absolute Gasteiger partial charge is 0.237 e. The summed E-state index contributed by atoms with van der Waals surface area (Å²) in [4.78, 5) is 23.4. The lowest BCUT2D eigenvalue weighted by Crippen LogP contribution is -2.31. The lowest BCUT2D eigenvalue weighted by Gasteiger charge is -2.21. The molecule has 0 saturated heterocycles. The van der Waals surface area contributed by atoms with Gasteiger partial charge in [-0.25, -0.2) is 4.98 Å².